The summed E-state index contributed by atoms with van der Waals surface area (Å²) < 4.78 is 33.8. The third-order valence-electron chi connectivity index (χ3n) is 7.00. The predicted molar refractivity (Wildman–Crippen MR) is 127 cm³/mol. The Bertz CT molecular complexity index is 1170. The van der Waals surface area contributed by atoms with E-state index < -0.39 is 27.2 Å². The summed E-state index contributed by atoms with van der Waals surface area (Å²) in [7, 11) is -9.06. The van der Waals surface area contributed by atoms with Crippen LogP contribution in [0.4, 0.5) is 5.82 Å². The van der Waals surface area contributed by atoms with Crippen molar-refractivity contribution in [2.75, 3.05) is 30.5 Å². The van der Waals surface area contributed by atoms with Gasteiger partial charge in [0.2, 0.25) is 5.28 Å². The number of anilines is 1. The lowest BCUT2D eigenvalue weighted by molar-refractivity contribution is 0.0150. The largest absolute Gasteiger partial charge is 0.368 e. The second kappa shape index (κ2) is 9.41. The molecule has 1 aromatic heterocycles. The van der Waals surface area contributed by atoms with Crippen LogP contribution >= 0.6 is 26.8 Å². The third-order valence-corrected chi connectivity index (χ3v) is 10.6. The van der Waals surface area contributed by atoms with Gasteiger partial charge in [-0.2, -0.15) is 4.98 Å². The summed E-state index contributed by atoms with van der Waals surface area (Å²) >= 11 is 6.29. The fourth-order valence-corrected chi connectivity index (χ4v) is 8.26. The SMILES string of the molecule is O=P(O)(O)CP(=O)(O)OC[C@@H]1CC[C@H](c2ccc3c(N4CC5CCCC5C4)nc(Cl)nc3c2)O1. The molecular weight excluding hydrogens is 504 g/mol. The normalized spacial score (nSPS) is 29.0. The van der Waals surface area contributed by atoms with E-state index in [0.29, 0.717) is 12.8 Å². The van der Waals surface area contributed by atoms with Gasteiger partial charge in [-0.25, -0.2) is 4.98 Å². The molecule has 3 fully saturated rings. The van der Waals surface area contributed by atoms with E-state index in [1.807, 2.05) is 18.2 Å². The van der Waals surface area contributed by atoms with Gasteiger partial charge in [-0.3, -0.25) is 9.13 Å². The molecule has 3 aliphatic rings. The van der Waals surface area contributed by atoms with E-state index in [2.05, 4.69) is 14.9 Å². The number of hydrogen-bond donors (Lipinski definition) is 3. The van der Waals surface area contributed by atoms with Crippen molar-refractivity contribution in [3.63, 3.8) is 0 Å². The number of rotatable bonds is 7. The molecule has 0 amide bonds. The molecule has 186 valence electrons. The first kappa shape index (κ1) is 24.6. The summed E-state index contributed by atoms with van der Waals surface area (Å²) in [5, 5.41) is 1.16. The Morgan fingerprint density at radius 2 is 1.82 bits per heavy atom. The molecule has 13 heteroatoms. The van der Waals surface area contributed by atoms with Gasteiger partial charge in [-0.05, 0) is 66.8 Å². The van der Waals surface area contributed by atoms with Crippen molar-refractivity contribution >= 4 is 43.5 Å². The molecule has 1 saturated carbocycles. The standard InChI is InChI=1S/C21H28ClN3O7P2/c22-21-23-18-8-13(19-7-5-16(32-19)11-31-34(29,30)12-33(26,27)28)4-6-17(18)20(24-21)25-9-14-2-1-3-15(14)10-25/h4,6,8,14-16,19H,1-3,5,7,9-12H2,(H,29,30)(H2,26,27,28)/t14?,15?,16-,19+/m0/s1. The lowest BCUT2D eigenvalue weighted by Crippen LogP contribution is -2.22. The van der Waals surface area contributed by atoms with E-state index in [9.17, 15) is 14.0 Å². The highest BCUT2D eigenvalue weighted by molar-refractivity contribution is 7.70. The molecule has 3 heterocycles. The number of halogens is 1. The lowest BCUT2D eigenvalue weighted by Gasteiger charge is -2.21. The number of fused-ring (bicyclic) bond motifs is 2. The molecule has 2 aromatic rings. The molecular formula is C21H28ClN3O7P2. The summed E-state index contributed by atoms with van der Waals surface area (Å²) in [5.74, 6) is 1.12. The van der Waals surface area contributed by atoms with Crippen molar-refractivity contribution in [2.45, 2.75) is 44.3 Å². The Hall–Kier alpha value is -1.09. The quantitative estimate of drug-likeness (QED) is 0.353. The molecule has 1 aliphatic carbocycles. The first-order valence-electron chi connectivity index (χ1n) is 11.4. The fourth-order valence-electron chi connectivity index (χ4n) is 5.50. The minimum absolute atomic E-state index is 0.207. The Labute approximate surface area is 202 Å². The van der Waals surface area contributed by atoms with Crippen molar-refractivity contribution in [3.8, 4) is 0 Å². The second-order valence-electron chi connectivity index (χ2n) is 9.51. The van der Waals surface area contributed by atoms with E-state index in [4.69, 9.17) is 30.6 Å². The minimum Gasteiger partial charge on any atom is -0.368 e. The molecule has 34 heavy (non-hydrogen) atoms. The molecule has 3 unspecified atom stereocenters. The van der Waals surface area contributed by atoms with Gasteiger partial charge >= 0.3 is 15.2 Å². The van der Waals surface area contributed by atoms with Crippen molar-refractivity contribution < 1.29 is 33.1 Å². The van der Waals surface area contributed by atoms with E-state index in [-0.39, 0.29) is 18.0 Å². The zero-order valence-electron chi connectivity index (χ0n) is 18.5. The number of aromatic nitrogens is 2. The average Bonchev–Trinajstić information content (AvgIpc) is 3.45. The number of hydrogen-bond acceptors (Lipinski definition) is 7. The van der Waals surface area contributed by atoms with Crippen LogP contribution in [0.5, 0.6) is 0 Å². The van der Waals surface area contributed by atoms with Crippen molar-refractivity contribution in [1.29, 1.82) is 0 Å². The van der Waals surface area contributed by atoms with Crippen LogP contribution in [-0.2, 0) is 18.4 Å². The third kappa shape index (κ3) is 5.50. The van der Waals surface area contributed by atoms with Crippen LogP contribution in [0.15, 0.2) is 18.2 Å². The van der Waals surface area contributed by atoms with Gasteiger partial charge in [0.15, 0.2) is 5.90 Å². The van der Waals surface area contributed by atoms with Crippen LogP contribution in [-0.4, -0.2) is 56.4 Å². The number of nitrogens with zero attached hydrogens (tertiary/aromatic N) is 3. The Morgan fingerprint density at radius 1 is 1.09 bits per heavy atom. The van der Waals surface area contributed by atoms with Crippen molar-refractivity contribution in [2.24, 2.45) is 11.8 Å². The Morgan fingerprint density at radius 3 is 2.53 bits per heavy atom. The highest BCUT2D eigenvalue weighted by Crippen LogP contribution is 2.55. The van der Waals surface area contributed by atoms with E-state index in [1.165, 1.54) is 19.3 Å². The van der Waals surface area contributed by atoms with E-state index in [1.54, 1.807) is 0 Å². The molecule has 5 atom stereocenters. The van der Waals surface area contributed by atoms with Crippen LogP contribution in [0.2, 0.25) is 5.28 Å². The molecule has 0 radical (unpaired) electrons. The Kier molecular flexibility index (Phi) is 6.81. The molecule has 0 bridgehead atoms. The average molecular weight is 532 g/mol. The van der Waals surface area contributed by atoms with E-state index >= 15 is 0 Å². The zero-order chi connectivity index (χ0) is 24.1. The fraction of sp³-hybridized carbons (Fsp3) is 0.619. The van der Waals surface area contributed by atoms with Crippen molar-refractivity contribution in [1.82, 2.24) is 9.97 Å². The van der Waals surface area contributed by atoms with Gasteiger partial charge in [0, 0.05) is 18.5 Å². The minimum atomic E-state index is -4.66. The molecule has 2 saturated heterocycles. The summed E-state index contributed by atoms with van der Waals surface area (Å²) in [6, 6.07) is 5.93. The summed E-state index contributed by atoms with van der Waals surface area (Å²) in [6.45, 7) is 1.78. The second-order valence-corrected chi connectivity index (χ2v) is 13.8. The maximum absolute atomic E-state index is 11.9. The van der Waals surface area contributed by atoms with Crippen LogP contribution in [0.25, 0.3) is 10.9 Å². The molecule has 10 nitrogen and oxygen atoms in total. The monoisotopic (exact) mass is 531 g/mol. The molecule has 5 rings (SSSR count). The van der Waals surface area contributed by atoms with Gasteiger partial charge in [0.1, 0.15) is 5.82 Å². The van der Waals surface area contributed by atoms with Gasteiger partial charge in [-0.1, -0.05) is 12.5 Å². The number of benzene rings is 1. The first-order valence-corrected chi connectivity index (χ1v) is 15.4. The van der Waals surface area contributed by atoms with Crippen LogP contribution in [0.3, 0.4) is 0 Å². The summed E-state index contributed by atoms with van der Waals surface area (Å²) in [5.41, 5.74) is 1.66. The van der Waals surface area contributed by atoms with Gasteiger partial charge in [0.05, 0.1) is 24.3 Å². The molecule has 1 aromatic carbocycles. The van der Waals surface area contributed by atoms with Gasteiger partial charge in [0.25, 0.3) is 0 Å². The van der Waals surface area contributed by atoms with Crippen molar-refractivity contribution in [3.05, 3.63) is 29.0 Å². The van der Waals surface area contributed by atoms with Crippen LogP contribution in [0.1, 0.15) is 43.8 Å². The predicted octanol–water partition coefficient (Wildman–Crippen LogP) is 4.08. The van der Waals surface area contributed by atoms with Crippen LogP contribution < -0.4 is 4.90 Å². The maximum Gasteiger partial charge on any atom is 0.340 e. The molecule has 0 spiro atoms. The number of ether oxygens (including phenoxy) is 1. The smallest absolute Gasteiger partial charge is 0.340 e. The maximum atomic E-state index is 11.9. The summed E-state index contributed by atoms with van der Waals surface area (Å²) in [6.07, 6.45) is 4.42. The molecule has 2 aliphatic heterocycles. The van der Waals surface area contributed by atoms with E-state index in [0.717, 1.165) is 47.2 Å². The van der Waals surface area contributed by atoms with Gasteiger partial charge < -0.3 is 28.8 Å². The lowest BCUT2D eigenvalue weighted by atomic mass is 10.0. The molecule has 3 N–H and O–H groups in total. The zero-order valence-corrected chi connectivity index (χ0v) is 21.0. The first-order chi connectivity index (χ1) is 16.1. The highest BCUT2D eigenvalue weighted by atomic mass is 35.5. The topological polar surface area (TPSA) is 142 Å². The van der Waals surface area contributed by atoms with Gasteiger partial charge in [-0.15, -0.1) is 0 Å². The van der Waals surface area contributed by atoms with Crippen LogP contribution in [0, 0.1) is 11.8 Å². The summed E-state index contributed by atoms with van der Waals surface area (Å²) in [4.78, 5) is 38.8. The Balaban J connectivity index is 1.28. The highest BCUT2D eigenvalue weighted by Gasteiger charge is 2.37.